The Kier molecular flexibility index (Phi) is 2.40. The normalized spacial score (nSPS) is 10.8. The number of hydrogen-bond donors (Lipinski definition) is 1. The van der Waals surface area contributed by atoms with Gasteiger partial charge in [-0.1, -0.05) is 23.4 Å². The van der Waals surface area contributed by atoms with E-state index in [4.69, 9.17) is 0 Å². The molecule has 3 rings (SSSR count). The van der Waals surface area contributed by atoms with Gasteiger partial charge in [0.15, 0.2) is 17.0 Å². The van der Waals surface area contributed by atoms with E-state index in [-0.39, 0.29) is 0 Å². The second kappa shape index (κ2) is 4.06. The molecule has 0 unspecified atom stereocenters. The van der Waals surface area contributed by atoms with Gasteiger partial charge in [-0.3, -0.25) is 0 Å². The molecule has 2 heterocycles. The molecule has 0 saturated heterocycles. The van der Waals surface area contributed by atoms with Crippen molar-refractivity contribution < 1.29 is 0 Å². The summed E-state index contributed by atoms with van der Waals surface area (Å²) >= 11 is 0. The minimum absolute atomic E-state index is 0.673. The highest BCUT2D eigenvalue weighted by atomic mass is 15.4. The van der Waals surface area contributed by atoms with Crippen LogP contribution in [0.15, 0.2) is 30.3 Å². The molecule has 18 heavy (non-hydrogen) atoms. The summed E-state index contributed by atoms with van der Waals surface area (Å²) in [6.07, 6.45) is 0. The van der Waals surface area contributed by atoms with E-state index in [1.54, 1.807) is 4.68 Å². The van der Waals surface area contributed by atoms with E-state index in [1.165, 1.54) is 0 Å². The van der Waals surface area contributed by atoms with Crippen LogP contribution < -0.4 is 5.32 Å². The lowest BCUT2D eigenvalue weighted by molar-refractivity contribution is 0.728. The maximum Gasteiger partial charge on any atom is 0.183 e. The Labute approximate surface area is 104 Å². The predicted molar refractivity (Wildman–Crippen MR) is 68.6 cm³/mol. The summed E-state index contributed by atoms with van der Waals surface area (Å²) in [5.41, 5.74) is 2.36. The number of aromatic nitrogens is 5. The zero-order valence-electron chi connectivity index (χ0n) is 10.1. The summed E-state index contributed by atoms with van der Waals surface area (Å²) in [6.45, 7) is 1.85. The van der Waals surface area contributed by atoms with E-state index < -0.39 is 0 Å². The van der Waals surface area contributed by atoms with Crippen molar-refractivity contribution in [3.63, 3.8) is 0 Å². The fraction of sp³-hybridized carbons (Fsp3) is 0.167. The van der Waals surface area contributed by atoms with E-state index in [2.05, 4.69) is 25.6 Å². The lowest BCUT2D eigenvalue weighted by Crippen LogP contribution is -2.00. The number of aryl methyl sites for hydroxylation is 2. The van der Waals surface area contributed by atoms with Crippen LogP contribution in [0.1, 0.15) is 5.82 Å². The average Bonchev–Trinajstić information content (AvgIpc) is 2.73. The largest absolute Gasteiger partial charge is 0.338 e. The van der Waals surface area contributed by atoms with Crippen LogP contribution in [0.3, 0.4) is 0 Å². The minimum atomic E-state index is 0.673. The van der Waals surface area contributed by atoms with Gasteiger partial charge >= 0.3 is 0 Å². The summed E-state index contributed by atoms with van der Waals surface area (Å²) in [4.78, 5) is 8.70. The average molecular weight is 240 g/mol. The van der Waals surface area contributed by atoms with Crippen molar-refractivity contribution in [2.75, 3.05) is 5.32 Å². The molecular weight excluding hydrogens is 228 g/mol. The molecule has 0 saturated carbocycles. The van der Waals surface area contributed by atoms with E-state index in [1.807, 2.05) is 44.3 Å². The van der Waals surface area contributed by atoms with Crippen molar-refractivity contribution in [3.05, 3.63) is 36.2 Å². The van der Waals surface area contributed by atoms with E-state index in [0.717, 1.165) is 11.3 Å². The molecule has 0 aliphatic carbocycles. The smallest absolute Gasteiger partial charge is 0.183 e. The van der Waals surface area contributed by atoms with Crippen molar-refractivity contribution in [3.8, 4) is 0 Å². The van der Waals surface area contributed by atoms with Crippen molar-refractivity contribution >= 4 is 22.7 Å². The molecule has 0 amide bonds. The first-order valence-corrected chi connectivity index (χ1v) is 5.60. The highest BCUT2D eigenvalue weighted by molar-refractivity contribution is 5.84. The number of nitrogens with zero attached hydrogens (tertiary/aromatic N) is 5. The second-order valence-electron chi connectivity index (χ2n) is 4.00. The monoisotopic (exact) mass is 240 g/mol. The molecular formula is C12H12N6. The maximum absolute atomic E-state index is 4.37. The summed E-state index contributed by atoms with van der Waals surface area (Å²) in [5.74, 6) is 1.36. The molecule has 90 valence electrons. The first-order valence-electron chi connectivity index (χ1n) is 5.60. The number of rotatable bonds is 2. The zero-order valence-corrected chi connectivity index (χ0v) is 10.1. The van der Waals surface area contributed by atoms with Crippen molar-refractivity contribution in [2.24, 2.45) is 7.05 Å². The fourth-order valence-corrected chi connectivity index (χ4v) is 1.77. The Morgan fingerprint density at radius 3 is 2.67 bits per heavy atom. The van der Waals surface area contributed by atoms with Crippen molar-refractivity contribution in [1.29, 1.82) is 0 Å². The van der Waals surface area contributed by atoms with Gasteiger partial charge in [-0.15, -0.1) is 5.10 Å². The Bertz CT molecular complexity index is 688. The fourth-order valence-electron chi connectivity index (χ4n) is 1.77. The Morgan fingerprint density at radius 1 is 1.11 bits per heavy atom. The molecule has 2 aromatic heterocycles. The van der Waals surface area contributed by atoms with Crippen LogP contribution in [0.25, 0.3) is 11.2 Å². The first kappa shape index (κ1) is 10.6. The summed E-state index contributed by atoms with van der Waals surface area (Å²) in [7, 11) is 1.81. The van der Waals surface area contributed by atoms with Crippen LogP contribution in [0, 0.1) is 6.92 Å². The van der Waals surface area contributed by atoms with E-state index >= 15 is 0 Å². The molecule has 0 radical (unpaired) electrons. The summed E-state index contributed by atoms with van der Waals surface area (Å²) in [5, 5.41) is 11.3. The van der Waals surface area contributed by atoms with Gasteiger partial charge in [0, 0.05) is 12.7 Å². The Morgan fingerprint density at radius 2 is 1.89 bits per heavy atom. The van der Waals surface area contributed by atoms with Crippen molar-refractivity contribution in [1.82, 2.24) is 25.0 Å². The second-order valence-corrected chi connectivity index (χ2v) is 4.00. The zero-order chi connectivity index (χ0) is 12.5. The number of nitrogens with one attached hydrogen (secondary N) is 1. The van der Waals surface area contributed by atoms with Crippen LogP contribution >= 0.6 is 0 Å². The SMILES string of the molecule is Cc1nc(Nc2ccccc2)c2nnn(C)c2n1. The highest BCUT2D eigenvalue weighted by Gasteiger charge is 2.11. The minimum Gasteiger partial charge on any atom is -0.338 e. The van der Waals surface area contributed by atoms with Gasteiger partial charge in [-0.25, -0.2) is 14.6 Å². The molecule has 0 atom stereocenters. The Hall–Kier alpha value is -2.50. The molecule has 0 aliphatic rings. The maximum atomic E-state index is 4.37. The quantitative estimate of drug-likeness (QED) is 0.739. The van der Waals surface area contributed by atoms with Crippen LogP contribution in [-0.4, -0.2) is 25.0 Å². The molecule has 0 spiro atoms. The third-order valence-electron chi connectivity index (χ3n) is 2.60. The van der Waals surface area contributed by atoms with Crippen LogP contribution in [0.5, 0.6) is 0 Å². The van der Waals surface area contributed by atoms with Gasteiger partial charge < -0.3 is 5.32 Å². The molecule has 1 N–H and O–H groups in total. The number of fused-ring (bicyclic) bond motifs is 1. The van der Waals surface area contributed by atoms with Crippen molar-refractivity contribution in [2.45, 2.75) is 6.92 Å². The third-order valence-corrected chi connectivity index (χ3v) is 2.60. The molecule has 0 fully saturated rings. The first-order chi connectivity index (χ1) is 8.74. The lowest BCUT2D eigenvalue weighted by atomic mass is 10.3. The Balaban J connectivity index is 2.11. The van der Waals surface area contributed by atoms with Gasteiger partial charge in [0.2, 0.25) is 0 Å². The predicted octanol–water partition coefficient (Wildman–Crippen LogP) is 1.81. The molecule has 6 heteroatoms. The summed E-state index contributed by atoms with van der Waals surface area (Å²) in [6, 6.07) is 9.84. The molecule has 1 aromatic carbocycles. The van der Waals surface area contributed by atoms with Crippen LogP contribution in [0.2, 0.25) is 0 Å². The molecule has 0 bridgehead atoms. The van der Waals surface area contributed by atoms with Gasteiger partial charge in [0.1, 0.15) is 5.82 Å². The van der Waals surface area contributed by atoms with E-state index in [9.17, 15) is 0 Å². The van der Waals surface area contributed by atoms with Gasteiger partial charge in [-0.2, -0.15) is 0 Å². The number of anilines is 2. The van der Waals surface area contributed by atoms with Gasteiger partial charge in [-0.05, 0) is 19.1 Å². The standard InChI is InChI=1S/C12H12N6/c1-8-13-11(15-9-6-4-3-5-7-9)10-12(14-8)18(2)17-16-10/h3-7H,1-2H3,(H,13,14,15). The summed E-state index contributed by atoms with van der Waals surface area (Å²) < 4.78 is 1.64. The van der Waals surface area contributed by atoms with Gasteiger partial charge in [0.25, 0.3) is 0 Å². The van der Waals surface area contributed by atoms with Crippen LogP contribution in [0.4, 0.5) is 11.5 Å². The topological polar surface area (TPSA) is 68.5 Å². The van der Waals surface area contributed by atoms with Crippen LogP contribution in [-0.2, 0) is 7.05 Å². The third kappa shape index (κ3) is 1.77. The molecule has 6 nitrogen and oxygen atoms in total. The number of hydrogen-bond acceptors (Lipinski definition) is 5. The lowest BCUT2D eigenvalue weighted by Gasteiger charge is -2.06. The van der Waals surface area contributed by atoms with Gasteiger partial charge in [0.05, 0.1) is 0 Å². The number of benzene rings is 1. The molecule has 0 aliphatic heterocycles. The molecule has 3 aromatic rings. The number of para-hydroxylation sites is 1. The highest BCUT2D eigenvalue weighted by Crippen LogP contribution is 2.21. The van der Waals surface area contributed by atoms with E-state index in [0.29, 0.717) is 17.2 Å².